The first kappa shape index (κ1) is 16.1. The lowest BCUT2D eigenvalue weighted by Gasteiger charge is -2.30. The second-order valence-electron chi connectivity index (χ2n) is 7.17. The minimum Gasteiger partial charge on any atom is -0.478 e. The molecule has 1 fully saturated rings. The fourth-order valence-corrected chi connectivity index (χ4v) is 4.54. The molecular weight excluding hydrogens is 310 g/mol. The summed E-state index contributed by atoms with van der Waals surface area (Å²) in [5, 5.41) is 9.55. The van der Waals surface area contributed by atoms with E-state index in [-0.39, 0.29) is 11.4 Å². The maximum absolute atomic E-state index is 11.6. The van der Waals surface area contributed by atoms with Gasteiger partial charge in [-0.2, -0.15) is 0 Å². The second kappa shape index (κ2) is 5.72. The molecule has 1 aliphatic carbocycles. The van der Waals surface area contributed by atoms with Gasteiger partial charge in [-0.3, -0.25) is 0 Å². The summed E-state index contributed by atoms with van der Waals surface area (Å²) in [5.74, 6) is -0.692. The molecule has 0 aliphatic heterocycles. The average Bonchev–Trinajstić information content (AvgIpc) is 3.24. The highest BCUT2D eigenvalue weighted by molar-refractivity contribution is 6.76. The first-order chi connectivity index (χ1) is 10.8. The Bertz CT molecular complexity index is 747. The topological polar surface area (TPSA) is 77.2 Å². The molecule has 0 radical (unpaired) electrons. The van der Waals surface area contributed by atoms with Gasteiger partial charge in [-0.05, 0) is 19.8 Å². The standard InChI is InChI=1S/C16H23N3O3Si/c1-5-22-16(23(2,3)4)19-9-11(15(20)21)13-14(19)17-8-12(18-13)10-6-7-10/h8-10,16H,5-7H2,1-4H3,(H,20,21). The van der Waals surface area contributed by atoms with Gasteiger partial charge in [0.25, 0.3) is 0 Å². The van der Waals surface area contributed by atoms with Crippen LogP contribution in [0.3, 0.4) is 0 Å². The fraction of sp³-hybridized carbons (Fsp3) is 0.562. The van der Waals surface area contributed by atoms with E-state index in [4.69, 9.17) is 4.74 Å². The van der Waals surface area contributed by atoms with Gasteiger partial charge < -0.3 is 14.4 Å². The van der Waals surface area contributed by atoms with Crippen molar-refractivity contribution in [3.63, 3.8) is 0 Å². The Hall–Kier alpha value is -1.73. The van der Waals surface area contributed by atoms with Crippen molar-refractivity contribution in [1.29, 1.82) is 0 Å². The average molecular weight is 333 g/mol. The predicted octanol–water partition coefficient (Wildman–Crippen LogP) is 3.42. The van der Waals surface area contributed by atoms with Gasteiger partial charge in [0.15, 0.2) is 5.65 Å². The summed E-state index contributed by atoms with van der Waals surface area (Å²) in [6.45, 7) is 9.13. The SMILES string of the molecule is CCOC(n1cc(C(=O)O)c2nc(C3CC3)cnc21)[Si](C)(C)C. The molecule has 1 saturated carbocycles. The Morgan fingerprint density at radius 2 is 2.17 bits per heavy atom. The van der Waals surface area contributed by atoms with Crippen LogP contribution >= 0.6 is 0 Å². The third-order valence-corrected chi connectivity index (χ3v) is 6.01. The van der Waals surface area contributed by atoms with Crippen molar-refractivity contribution in [3.05, 3.63) is 23.7 Å². The Morgan fingerprint density at radius 1 is 1.48 bits per heavy atom. The molecule has 23 heavy (non-hydrogen) atoms. The molecule has 0 aromatic carbocycles. The molecule has 7 heteroatoms. The molecule has 3 rings (SSSR count). The maximum Gasteiger partial charge on any atom is 0.339 e. The van der Waals surface area contributed by atoms with Crippen molar-refractivity contribution in [3.8, 4) is 0 Å². The summed E-state index contributed by atoms with van der Waals surface area (Å²) in [6.07, 6.45) is 5.65. The molecular formula is C16H23N3O3Si. The van der Waals surface area contributed by atoms with Crippen LogP contribution in [0.1, 0.15) is 47.6 Å². The highest BCUT2D eigenvalue weighted by atomic mass is 28.3. The molecule has 0 amide bonds. The Labute approximate surface area is 136 Å². The van der Waals surface area contributed by atoms with E-state index in [1.807, 2.05) is 11.5 Å². The van der Waals surface area contributed by atoms with Crippen LogP contribution in [0.2, 0.25) is 19.6 Å². The third kappa shape index (κ3) is 3.03. The van der Waals surface area contributed by atoms with E-state index in [9.17, 15) is 9.90 Å². The third-order valence-electron chi connectivity index (χ3n) is 4.08. The number of aromatic carboxylic acids is 1. The Kier molecular flexibility index (Phi) is 4.01. The van der Waals surface area contributed by atoms with Gasteiger partial charge >= 0.3 is 5.97 Å². The number of hydrogen-bond donors (Lipinski definition) is 1. The van der Waals surface area contributed by atoms with Gasteiger partial charge in [0.05, 0.1) is 11.9 Å². The number of carbonyl (C=O) groups is 1. The number of carboxylic acid groups (broad SMARTS) is 1. The molecule has 0 bridgehead atoms. The fourth-order valence-electron chi connectivity index (χ4n) is 2.84. The van der Waals surface area contributed by atoms with Crippen LogP contribution in [0.4, 0.5) is 0 Å². The molecule has 124 valence electrons. The van der Waals surface area contributed by atoms with Crippen LogP contribution in [-0.4, -0.2) is 40.3 Å². The summed E-state index contributed by atoms with van der Waals surface area (Å²) in [6, 6.07) is 0. The quantitative estimate of drug-likeness (QED) is 0.820. The number of ether oxygens (including phenoxy) is 1. The summed E-state index contributed by atoms with van der Waals surface area (Å²) in [4.78, 5) is 20.8. The van der Waals surface area contributed by atoms with Gasteiger partial charge in [-0.25, -0.2) is 14.8 Å². The summed E-state index contributed by atoms with van der Waals surface area (Å²) in [5.41, 5.74) is 2.19. The lowest BCUT2D eigenvalue weighted by molar-refractivity contribution is 0.0652. The number of aromatic nitrogens is 3. The van der Waals surface area contributed by atoms with Crippen LogP contribution in [0.25, 0.3) is 11.2 Å². The highest BCUT2D eigenvalue weighted by Gasteiger charge is 2.33. The van der Waals surface area contributed by atoms with Crippen LogP contribution in [0, 0.1) is 0 Å². The van der Waals surface area contributed by atoms with Gasteiger partial charge in [-0.1, -0.05) is 19.6 Å². The number of hydrogen-bond acceptors (Lipinski definition) is 4. The minimum absolute atomic E-state index is 0.163. The summed E-state index contributed by atoms with van der Waals surface area (Å²) in [7, 11) is -1.73. The monoisotopic (exact) mass is 333 g/mol. The molecule has 2 aromatic rings. The van der Waals surface area contributed by atoms with Crippen LogP contribution in [0.5, 0.6) is 0 Å². The van der Waals surface area contributed by atoms with Crippen molar-refractivity contribution < 1.29 is 14.6 Å². The smallest absolute Gasteiger partial charge is 0.339 e. The summed E-state index contributed by atoms with van der Waals surface area (Å²) < 4.78 is 7.82. The van der Waals surface area contributed by atoms with Gasteiger partial charge in [0.2, 0.25) is 0 Å². The van der Waals surface area contributed by atoms with Gasteiger partial charge in [0, 0.05) is 18.7 Å². The van der Waals surface area contributed by atoms with Crippen molar-refractivity contribution in [2.75, 3.05) is 6.61 Å². The van der Waals surface area contributed by atoms with E-state index in [0.717, 1.165) is 18.5 Å². The second-order valence-corrected chi connectivity index (χ2v) is 12.4. The van der Waals surface area contributed by atoms with E-state index in [2.05, 4.69) is 29.6 Å². The molecule has 6 nitrogen and oxygen atoms in total. The number of rotatable bonds is 6. The van der Waals surface area contributed by atoms with Crippen LogP contribution in [0.15, 0.2) is 12.4 Å². The molecule has 0 saturated heterocycles. The molecule has 2 aromatic heterocycles. The highest BCUT2D eigenvalue weighted by Crippen LogP contribution is 2.39. The zero-order chi connectivity index (χ0) is 16.8. The van der Waals surface area contributed by atoms with E-state index in [1.54, 1.807) is 12.4 Å². The van der Waals surface area contributed by atoms with Crippen LogP contribution < -0.4 is 0 Å². The summed E-state index contributed by atoms with van der Waals surface area (Å²) >= 11 is 0. The van der Waals surface area contributed by atoms with Gasteiger partial charge in [0.1, 0.15) is 25.0 Å². The Balaban J connectivity index is 2.18. The van der Waals surface area contributed by atoms with E-state index in [0.29, 0.717) is 23.7 Å². The predicted molar refractivity (Wildman–Crippen MR) is 90.5 cm³/mol. The zero-order valence-electron chi connectivity index (χ0n) is 14.0. The first-order valence-corrected chi connectivity index (χ1v) is 11.6. The van der Waals surface area contributed by atoms with Gasteiger partial charge in [-0.15, -0.1) is 0 Å². The van der Waals surface area contributed by atoms with Crippen molar-refractivity contribution in [2.24, 2.45) is 0 Å². The molecule has 1 unspecified atom stereocenters. The number of nitrogens with zero attached hydrogens (tertiary/aromatic N) is 3. The van der Waals surface area contributed by atoms with Crippen molar-refractivity contribution in [1.82, 2.24) is 14.5 Å². The minimum atomic E-state index is -1.73. The van der Waals surface area contributed by atoms with Crippen molar-refractivity contribution in [2.45, 2.75) is 51.2 Å². The van der Waals surface area contributed by atoms with Crippen molar-refractivity contribution >= 4 is 25.2 Å². The normalized spacial score (nSPS) is 16.7. The molecule has 1 aliphatic rings. The zero-order valence-corrected chi connectivity index (χ0v) is 15.0. The molecule has 0 spiro atoms. The molecule has 2 heterocycles. The lowest BCUT2D eigenvalue weighted by atomic mass is 10.2. The largest absolute Gasteiger partial charge is 0.478 e. The van der Waals surface area contributed by atoms with Crippen LogP contribution in [-0.2, 0) is 4.74 Å². The first-order valence-electron chi connectivity index (χ1n) is 8.05. The van der Waals surface area contributed by atoms with E-state index < -0.39 is 14.0 Å². The number of fused-ring (bicyclic) bond motifs is 1. The Morgan fingerprint density at radius 3 is 2.70 bits per heavy atom. The molecule has 1 N–H and O–H groups in total. The maximum atomic E-state index is 11.6. The lowest BCUT2D eigenvalue weighted by Crippen LogP contribution is -2.37. The van der Waals surface area contributed by atoms with E-state index >= 15 is 0 Å². The molecule has 1 atom stereocenters. The number of carboxylic acids is 1. The van der Waals surface area contributed by atoms with E-state index in [1.165, 1.54) is 0 Å².